The van der Waals surface area contributed by atoms with Gasteiger partial charge in [0.25, 0.3) is 0 Å². The molecule has 31 heavy (non-hydrogen) atoms. The number of hydrogen-bond acceptors (Lipinski definition) is 5. The second-order valence-electron chi connectivity index (χ2n) is 7.21. The van der Waals surface area contributed by atoms with Crippen LogP contribution >= 0.6 is 11.6 Å². The third-order valence-electron chi connectivity index (χ3n) is 4.95. The minimum atomic E-state index is -3.56. The Kier molecular flexibility index (Phi) is 6.81. The van der Waals surface area contributed by atoms with Crippen molar-refractivity contribution in [3.05, 3.63) is 70.5 Å². The Morgan fingerprint density at radius 3 is 2.61 bits per heavy atom. The van der Waals surface area contributed by atoms with Gasteiger partial charge in [0, 0.05) is 11.5 Å². The second-order valence-corrected chi connectivity index (χ2v) is 9.36. The van der Waals surface area contributed by atoms with E-state index in [9.17, 15) is 22.4 Å². The lowest BCUT2D eigenvalue weighted by Gasteiger charge is -2.30. The fourth-order valence-electron chi connectivity index (χ4n) is 3.68. The first-order chi connectivity index (χ1) is 14.6. The molecule has 2 unspecified atom stereocenters. The molecular formula is C22H21ClFNO5S. The lowest BCUT2D eigenvalue weighted by Crippen LogP contribution is -2.34. The number of carbonyl (C=O) groups is 2. The fraction of sp³-hybridized carbons (Fsp3) is 0.273. The van der Waals surface area contributed by atoms with Crippen molar-refractivity contribution in [1.82, 2.24) is 0 Å². The van der Waals surface area contributed by atoms with Gasteiger partial charge >= 0.3 is 5.97 Å². The molecule has 2 aromatic rings. The number of allylic oxidation sites excluding steroid dienone is 2. The highest BCUT2D eigenvalue weighted by atomic mass is 35.5. The van der Waals surface area contributed by atoms with Gasteiger partial charge in [-0.1, -0.05) is 35.9 Å². The van der Waals surface area contributed by atoms with E-state index in [1.165, 1.54) is 18.2 Å². The van der Waals surface area contributed by atoms with E-state index in [1.807, 2.05) is 0 Å². The normalized spacial score (nSPS) is 19.0. The molecule has 3 rings (SSSR count). The first-order valence-corrected chi connectivity index (χ1v) is 11.8. The molecule has 0 saturated heterocycles. The number of sulfonamides is 1. The first kappa shape index (κ1) is 23.0. The molecule has 0 bridgehead atoms. The van der Waals surface area contributed by atoms with Gasteiger partial charge in [-0.2, -0.15) is 0 Å². The van der Waals surface area contributed by atoms with E-state index in [2.05, 4.69) is 4.72 Å². The maximum atomic E-state index is 14.2. The third kappa shape index (κ3) is 5.32. The number of nitrogens with one attached hydrogen (secondary N) is 1. The maximum Gasteiger partial charge on any atom is 0.317 e. The summed E-state index contributed by atoms with van der Waals surface area (Å²) in [6.45, 7) is 1.73. The van der Waals surface area contributed by atoms with Crippen molar-refractivity contribution in [3.8, 4) is 0 Å². The third-order valence-corrected chi connectivity index (χ3v) is 5.84. The number of ether oxygens (including phenoxy) is 1. The molecule has 0 fully saturated rings. The summed E-state index contributed by atoms with van der Waals surface area (Å²) in [4.78, 5) is 25.5. The van der Waals surface area contributed by atoms with Crippen LogP contribution in [-0.4, -0.2) is 33.0 Å². The maximum absolute atomic E-state index is 14.2. The molecule has 0 radical (unpaired) electrons. The quantitative estimate of drug-likeness (QED) is 0.511. The van der Waals surface area contributed by atoms with Crippen molar-refractivity contribution < 1.29 is 27.1 Å². The minimum Gasteiger partial charge on any atom is -0.465 e. The predicted molar refractivity (Wildman–Crippen MR) is 117 cm³/mol. The topological polar surface area (TPSA) is 89.5 Å². The van der Waals surface area contributed by atoms with E-state index in [0.717, 1.165) is 6.26 Å². The number of esters is 1. The zero-order valence-corrected chi connectivity index (χ0v) is 18.5. The van der Waals surface area contributed by atoms with Gasteiger partial charge in [0.05, 0.1) is 23.6 Å². The zero-order valence-electron chi connectivity index (χ0n) is 16.9. The van der Waals surface area contributed by atoms with Gasteiger partial charge < -0.3 is 4.74 Å². The standard InChI is InChI=1S/C22H21ClFNO5S/c1-3-30-22(27)21-16(13-8-9-17(23)18(24)11-13)10-14(12-20(21)26)15-6-4-5-7-19(15)25-31(2,28)29/h4-9,11-12,16,21,25H,3,10H2,1-2H3. The lowest BCUT2D eigenvalue weighted by atomic mass is 9.73. The molecule has 1 aliphatic rings. The highest BCUT2D eigenvalue weighted by molar-refractivity contribution is 7.92. The van der Waals surface area contributed by atoms with Gasteiger partial charge in [-0.15, -0.1) is 0 Å². The smallest absolute Gasteiger partial charge is 0.317 e. The van der Waals surface area contributed by atoms with Crippen LogP contribution in [0.3, 0.4) is 0 Å². The largest absolute Gasteiger partial charge is 0.465 e. The molecule has 0 saturated carbocycles. The van der Waals surface area contributed by atoms with Gasteiger partial charge in [-0.3, -0.25) is 14.3 Å². The molecule has 1 aliphatic carbocycles. The van der Waals surface area contributed by atoms with Gasteiger partial charge in [0.2, 0.25) is 10.0 Å². The summed E-state index contributed by atoms with van der Waals surface area (Å²) in [5.41, 5.74) is 1.76. The molecule has 6 nitrogen and oxygen atoms in total. The highest BCUT2D eigenvalue weighted by Crippen LogP contribution is 2.42. The van der Waals surface area contributed by atoms with Gasteiger partial charge in [-0.25, -0.2) is 12.8 Å². The number of benzene rings is 2. The molecular weight excluding hydrogens is 445 g/mol. The van der Waals surface area contributed by atoms with Crippen LogP contribution in [0, 0.1) is 11.7 Å². The Morgan fingerprint density at radius 2 is 1.97 bits per heavy atom. The molecule has 0 spiro atoms. The van der Waals surface area contributed by atoms with Crippen LogP contribution in [0.5, 0.6) is 0 Å². The predicted octanol–water partition coefficient (Wildman–Crippen LogP) is 4.17. The van der Waals surface area contributed by atoms with Crippen molar-refractivity contribution in [2.45, 2.75) is 19.3 Å². The monoisotopic (exact) mass is 465 g/mol. The number of para-hydroxylation sites is 1. The SMILES string of the molecule is CCOC(=O)C1C(=O)C=C(c2ccccc2NS(C)(=O)=O)CC1c1ccc(Cl)c(F)c1. The Balaban J connectivity index is 2.09. The number of rotatable bonds is 6. The molecule has 1 N–H and O–H groups in total. The number of ketones is 1. The van der Waals surface area contributed by atoms with Crippen molar-refractivity contribution in [2.24, 2.45) is 5.92 Å². The summed E-state index contributed by atoms with van der Waals surface area (Å²) < 4.78 is 45.2. The minimum absolute atomic E-state index is 0.0722. The number of halogens is 2. The molecule has 2 atom stereocenters. The van der Waals surface area contributed by atoms with Crippen LogP contribution in [0.1, 0.15) is 30.4 Å². The molecule has 0 amide bonds. The number of hydrogen-bond donors (Lipinski definition) is 1. The Bertz CT molecular complexity index is 1160. The first-order valence-electron chi connectivity index (χ1n) is 9.54. The molecule has 164 valence electrons. The van der Waals surface area contributed by atoms with Gasteiger partial charge in [0.15, 0.2) is 5.78 Å². The molecule has 2 aromatic carbocycles. The fourth-order valence-corrected chi connectivity index (χ4v) is 4.37. The second kappa shape index (κ2) is 9.20. The summed E-state index contributed by atoms with van der Waals surface area (Å²) in [5, 5.41) is -0.0722. The number of anilines is 1. The molecule has 0 aliphatic heterocycles. The summed E-state index contributed by atoms with van der Waals surface area (Å²) in [7, 11) is -3.56. The Labute approximate surface area is 185 Å². The average Bonchev–Trinajstić information content (AvgIpc) is 2.68. The van der Waals surface area contributed by atoms with Crippen LogP contribution in [0.15, 0.2) is 48.5 Å². The summed E-state index contributed by atoms with van der Waals surface area (Å²) in [5.74, 6) is -3.69. The molecule has 9 heteroatoms. The van der Waals surface area contributed by atoms with Crippen molar-refractivity contribution in [3.63, 3.8) is 0 Å². The van der Waals surface area contributed by atoms with Gasteiger partial charge in [0.1, 0.15) is 11.7 Å². The zero-order chi connectivity index (χ0) is 22.8. The lowest BCUT2D eigenvalue weighted by molar-refractivity contribution is -0.151. The average molecular weight is 466 g/mol. The van der Waals surface area contributed by atoms with Crippen LogP contribution in [0.4, 0.5) is 10.1 Å². The Morgan fingerprint density at radius 1 is 1.26 bits per heavy atom. The van der Waals surface area contributed by atoms with E-state index in [1.54, 1.807) is 37.3 Å². The van der Waals surface area contributed by atoms with Crippen LogP contribution in [-0.2, 0) is 24.3 Å². The van der Waals surface area contributed by atoms with E-state index >= 15 is 0 Å². The van der Waals surface area contributed by atoms with Crippen LogP contribution < -0.4 is 4.72 Å². The van der Waals surface area contributed by atoms with Crippen LogP contribution in [0.2, 0.25) is 5.02 Å². The van der Waals surface area contributed by atoms with E-state index in [4.69, 9.17) is 16.3 Å². The molecule has 0 aromatic heterocycles. The summed E-state index contributed by atoms with van der Waals surface area (Å²) >= 11 is 5.79. The Hall–Kier alpha value is -2.71. The van der Waals surface area contributed by atoms with Crippen molar-refractivity contribution >= 4 is 44.6 Å². The van der Waals surface area contributed by atoms with E-state index in [-0.39, 0.29) is 18.1 Å². The van der Waals surface area contributed by atoms with Crippen LogP contribution in [0.25, 0.3) is 5.57 Å². The van der Waals surface area contributed by atoms with E-state index in [0.29, 0.717) is 22.4 Å². The highest BCUT2D eigenvalue weighted by Gasteiger charge is 2.40. The van der Waals surface area contributed by atoms with E-state index < -0.39 is 39.4 Å². The van der Waals surface area contributed by atoms with Crippen molar-refractivity contribution in [2.75, 3.05) is 17.6 Å². The number of carbonyl (C=O) groups excluding carboxylic acids is 2. The molecule has 0 heterocycles. The summed E-state index contributed by atoms with van der Waals surface area (Å²) in [6, 6.07) is 10.8. The van der Waals surface area contributed by atoms with Crippen molar-refractivity contribution in [1.29, 1.82) is 0 Å². The summed E-state index contributed by atoms with van der Waals surface area (Å²) in [6.07, 6.45) is 2.55. The van der Waals surface area contributed by atoms with Gasteiger partial charge in [-0.05, 0) is 48.8 Å².